The molecule has 1 amide bonds. The van der Waals surface area contributed by atoms with E-state index >= 15 is 0 Å². The number of rotatable bonds is 5. The highest BCUT2D eigenvalue weighted by Gasteiger charge is 2.23. The van der Waals surface area contributed by atoms with Gasteiger partial charge in [0.2, 0.25) is 5.91 Å². The van der Waals surface area contributed by atoms with Crippen molar-refractivity contribution in [3.63, 3.8) is 0 Å². The summed E-state index contributed by atoms with van der Waals surface area (Å²) in [5.74, 6) is 0.413. The van der Waals surface area contributed by atoms with Gasteiger partial charge in [-0.05, 0) is 38.3 Å². The first kappa shape index (κ1) is 17.7. The predicted octanol–water partition coefficient (Wildman–Crippen LogP) is 3.08. The molecule has 1 saturated heterocycles. The van der Waals surface area contributed by atoms with Crippen LogP contribution in [0.1, 0.15) is 26.2 Å². The van der Waals surface area contributed by atoms with Gasteiger partial charge in [-0.2, -0.15) is 0 Å². The third-order valence-electron chi connectivity index (χ3n) is 4.59. The van der Waals surface area contributed by atoms with Gasteiger partial charge in [0.1, 0.15) is 0 Å². The van der Waals surface area contributed by atoms with E-state index in [1.165, 1.54) is 18.2 Å². The second-order valence-corrected chi connectivity index (χ2v) is 7.28. The average Bonchev–Trinajstić information content (AvgIpc) is 2.63. The van der Waals surface area contributed by atoms with E-state index in [4.69, 9.17) is 0 Å². The number of aromatic nitrogens is 2. The van der Waals surface area contributed by atoms with E-state index in [0.29, 0.717) is 34.4 Å². The van der Waals surface area contributed by atoms with Gasteiger partial charge in [0.15, 0.2) is 5.16 Å². The Hall–Kier alpha value is -2.08. The maximum absolute atomic E-state index is 12.7. The van der Waals surface area contributed by atoms with Crippen LogP contribution in [0.3, 0.4) is 0 Å². The SMILES string of the molecule is C=CCn1c(SCC(=O)N2CCCC[C@@H]2C)nc2ccccc2c1=O. The van der Waals surface area contributed by atoms with Gasteiger partial charge in [-0.25, -0.2) is 4.98 Å². The molecule has 1 aromatic heterocycles. The van der Waals surface area contributed by atoms with Crippen LogP contribution < -0.4 is 5.56 Å². The molecule has 0 bridgehead atoms. The van der Waals surface area contributed by atoms with Gasteiger partial charge in [0.25, 0.3) is 5.56 Å². The molecule has 2 aromatic rings. The van der Waals surface area contributed by atoms with Gasteiger partial charge < -0.3 is 4.90 Å². The second-order valence-electron chi connectivity index (χ2n) is 6.34. The lowest BCUT2D eigenvalue weighted by Gasteiger charge is -2.33. The topological polar surface area (TPSA) is 55.2 Å². The molecule has 0 saturated carbocycles. The monoisotopic (exact) mass is 357 g/mol. The molecule has 1 aromatic carbocycles. The largest absolute Gasteiger partial charge is 0.339 e. The Kier molecular flexibility index (Phi) is 5.58. The molecule has 0 radical (unpaired) electrons. The van der Waals surface area contributed by atoms with Gasteiger partial charge in [-0.15, -0.1) is 6.58 Å². The molecule has 1 aliphatic rings. The number of thioether (sulfide) groups is 1. The zero-order chi connectivity index (χ0) is 17.8. The number of amides is 1. The molecule has 1 aliphatic heterocycles. The summed E-state index contributed by atoms with van der Waals surface area (Å²) >= 11 is 1.33. The van der Waals surface area contributed by atoms with E-state index < -0.39 is 0 Å². The van der Waals surface area contributed by atoms with E-state index in [-0.39, 0.29) is 11.5 Å². The first-order valence-corrected chi connectivity index (χ1v) is 9.63. The van der Waals surface area contributed by atoms with Crippen LogP contribution >= 0.6 is 11.8 Å². The fourth-order valence-corrected chi connectivity index (χ4v) is 4.12. The Morgan fingerprint density at radius 1 is 1.40 bits per heavy atom. The van der Waals surface area contributed by atoms with Crippen molar-refractivity contribution in [2.45, 2.75) is 43.9 Å². The number of allylic oxidation sites excluding steroid dienone is 1. The number of hydrogen-bond acceptors (Lipinski definition) is 4. The quantitative estimate of drug-likeness (QED) is 0.469. The number of likely N-dealkylation sites (tertiary alicyclic amines) is 1. The number of fused-ring (bicyclic) bond motifs is 1. The predicted molar refractivity (Wildman–Crippen MR) is 102 cm³/mol. The summed E-state index contributed by atoms with van der Waals surface area (Å²) in [7, 11) is 0. The molecule has 0 aliphatic carbocycles. The number of para-hydroxylation sites is 1. The Morgan fingerprint density at radius 3 is 2.96 bits per heavy atom. The molecule has 0 unspecified atom stereocenters. The van der Waals surface area contributed by atoms with Crippen LogP contribution in [-0.2, 0) is 11.3 Å². The van der Waals surface area contributed by atoms with Crippen molar-refractivity contribution in [1.82, 2.24) is 14.5 Å². The molecular weight excluding hydrogens is 334 g/mol. The van der Waals surface area contributed by atoms with Gasteiger partial charge in [-0.1, -0.05) is 30.0 Å². The van der Waals surface area contributed by atoms with Crippen LogP contribution in [0.2, 0.25) is 0 Å². The minimum absolute atomic E-state index is 0.0909. The van der Waals surface area contributed by atoms with Crippen molar-refractivity contribution in [3.8, 4) is 0 Å². The van der Waals surface area contributed by atoms with E-state index in [2.05, 4.69) is 18.5 Å². The zero-order valence-electron chi connectivity index (χ0n) is 14.5. The third-order valence-corrected chi connectivity index (χ3v) is 5.55. The normalized spacial score (nSPS) is 17.6. The summed E-state index contributed by atoms with van der Waals surface area (Å²) in [4.78, 5) is 31.8. The molecular formula is C19H23N3O2S. The first-order chi connectivity index (χ1) is 12.1. The minimum Gasteiger partial charge on any atom is -0.339 e. The van der Waals surface area contributed by atoms with Crippen LogP contribution in [0.25, 0.3) is 10.9 Å². The summed E-state index contributed by atoms with van der Waals surface area (Å²) in [5.41, 5.74) is 0.570. The van der Waals surface area contributed by atoms with Crippen molar-refractivity contribution >= 4 is 28.6 Å². The van der Waals surface area contributed by atoms with Crippen LogP contribution in [0.5, 0.6) is 0 Å². The smallest absolute Gasteiger partial charge is 0.262 e. The van der Waals surface area contributed by atoms with Gasteiger partial charge in [0, 0.05) is 19.1 Å². The molecule has 3 rings (SSSR count). The second kappa shape index (κ2) is 7.87. The molecule has 2 heterocycles. The maximum Gasteiger partial charge on any atom is 0.262 e. The van der Waals surface area contributed by atoms with Crippen molar-refractivity contribution in [2.75, 3.05) is 12.3 Å². The highest BCUT2D eigenvalue weighted by Crippen LogP contribution is 2.21. The third kappa shape index (κ3) is 3.79. The fraction of sp³-hybridized carbons (Fsp3) is 0.421. The Labute approximate surface area is 151 Å². The number of piperidine rings is 1. The van der Waals surface area contributed by atoms with Crippen molar-refractivity contribution in [2.24, 2.45) is 0 Å². The van der Waals surface area contributed by atoms with Crippen LogP contribution in [-0.4, -0.2) is 38.7 Å². The zero-order valence-corrected chi connectivity index (χ0v) is 15.3. The molecule has 0 spiro atoms. The number of hydrogen-bond donors (Lipinski definition) is 0. The van der Waals surface area contributed by atoms with E-state index in [1.807, 2.05) is 23.1 Å². The standard InChI is InChI=1S/C19H23N3O2S/c1-3-11-22-18(24)15-9-4-5-10-16(15)20-19(22)25-13-17(23)21-12-7-6-8-14(21)2/h3-5,9-10,14H,1,6-8,11-13H2,2H3/t14-/m0/s1. The van der Waals surface area contributed by atoms with E-state index in [0.717, 1.165) is 19.4 Å². The van der Waals surface area contributed by atoms with E-state index in [1.54, 1.807) is 16.7 Å². The highest BCUT2D eigenvalue weighted by molar-refractivity contribution is 7.99. The summed E-state index contributed by atoms with van der Waals surface area (Å²) in [6, 6.07) is 7.59. The van der Waals surface area contributed by atoms with Gasteiger partial charge in [-0.3, -0.25) is 14.2 Å². The Morgan fingerprint density at radius 2 is 2.20 bits per heavy atom. The maximum atomic E-state index is 12.7. The number of benzene rings is 1. The molecule has 1 fully saturated rings. The van der Waals surface area contributed by atoms with Crippen LogP contribution in [0.4, 0.5) is 0 Å². The lowest BCUT2D eigenvalue weighted by atomic mass is 10.0. The molecule has 6 heteroatoms. The molecule has 5 nitrogen and oxygen atoms in total. The summed E-state index contributed by atoms with van der Waals surface area (Å²) in [6.45, 7) is 7.03. The highest BCUT2D eigenvalue weighted by atomic mass is 32.2. The van der Waals surface area contributed by atoms with Crippen molar-refractivity contribution in [3.05, 3.63) is 47.3 Å². The lowest BCUT2D eigenvalue weighted by molar-refractivity contribution is -0.131. The lowest BCUT2D eigenvalue weighted by Crippen LogP contribution is -2.43. The fourth-order valence-electron chi connectivity index (χ4n) is 3.23. The minimum atomic E-state index is -0.0909. The van der Waals surface area contributed by atoms with E-state index in [9.17, 15) is 9.59 Å². The Balaban J connectivity index is 1.85. The summed E-state index contributed by atoms with van der Waals surface area (Å²) in [5, 5.41) is 1.16. The van der Waals surface area contributed by atoms with Crippen molar-refractivity contribution < 1.29 is 4.79 Å². The average molecular weight is 357 g/mol. The summed E-state index contributed by atoms with van der Waals surface area (Å²) in [6.07, 6.45) is 4.99. The van der Waals surface area contributed by atoms with Crippen molar-refractivity contribution in [1.29, 1.82) is 0 Å². The van der Waals surface area contributed by atoms with Crippen LogP contribution in [0.15, 0.2) is 46.9 Å². The van der Waals surface area contributed by atoms with Gasteiger partial charge in [0.05, 0.1) is 16.7 Å². The number of carbonyl (C=O) groups excluding carboxylic acids is 1. The Bertz CT molecular complexity index is 846. The van der Waals surface area contributed by atoms with Gasteiger partial charge >= 0.3 is 0 Å². The molecule has 0 N–H and O–H groups in total. The summed E-state index contributed by atoms with van der Waals surface area (Å²) < 4.78 is 1.59. The molecule has 25 heavy (non-hydrogen) atoms. The van der Waals surface area contributed by atoms with Crippen LogP contribution in [0, 0.1) is 0 Å². The molecule has 132 valence electrons. The number of nitrogens with zero attached hydrogens (tertiary/aromatic N) is 3. The number of carbonyl (C=O) groups is 1. The first-order valence-electron chi connectivity index (χ1n) is 8.64. The molecule has 1 atom stereocenters.